The molecule has 2 fully saturated rings. The molecule has 2 atom stereocenters. The largest absolute Gasteiger partial charge is 0.381 e. The van der Waals surface area contributed by atoms with E-state index in [4.69, 9.17) is 6.42 Å². The quantitative estimate of drug-likeness (QED) is 0.817. The van der Waals surface area contributed by atoms with Gasteiger partial charge in [0.15, 0.2) is 0 Å². The van der Waals surface area contributed by atoms with Crippen LogP contribution in [0.15, 0.2) is 24.3 Å². The molecule has 2 heteroatoms. The summed E-state index contributed by atoms with van der Waals surface area (Å²) in [6, 6.07) is 10.3. The monoisotopic (exact) mass is 240 g/mol. The topological polar surface area (TPSA) is 15.3 Å². The second-order valence-electron chi connectivity index (χ2n) is 5.58. The Morgan fingerprint density at radius 2 is 2.22 bits per heavy atom. The first kappa shape index (κ1) is 11.6. The van der Waals surface area contributed by atoms with Gasteiger partial charge in [-0.25, -0.2) is 0 Å². The van der Waals surface area contributed by atoms with Crippen molar-refractivity contribution in [2.75, 3.05) is 11.9 Å². The zero-order valence-electron chi connectivity index (χ0n) is 10.9. The summed E-state index contributed by atoms with van der Waals surface area (Å²) < 4.78 is 0. The highest BCUT2D eigenvalue weighted by atomic mass is 15.3. The first-order chi connectivity index (χ1) is 8.76. The smallest absolute Gasteiger partial charge is 0.0403 e. The van der Waals surface area contributed by atoms with Crippen LogP contribution in [0.4, 0.5) is 5.69 Å². The molecule has 1 aromatic rings. The van der Waals surface area contributed by atoms with Crippen LogP contribution >= 0.6 is 0 Å². The van der Waals surface area contributed by atoms with E-state index in [0.717, 1.165) is 17.3 Å². The third kappa shape index (κ3) is 2.37. The minimum atomic E-state index is 0.564. The Morgan fingerprint density at radius 3 is 2.94 bits per heavy atom. The summed E-state index contributed by atoms with van der Waals surface area (Å²) in [6.45, 7) is 3.52. The van der Waals surface area contributed by atoms with E-state index in [1.54, 1.807) is 0 Å². The molecule has 94 valence electrons. The predicted molar refractivity (Wildman–Crippen MR) is 75.6 cm³/mol. The molecule has 1 heterocycles. The maximum absolute atomic E-state index is 5.43. The average Bonchev–Trinajstić information content (AvgIpc) is 3.15. The van der Waals surface area contributed by atoms with Crippen LogP contribution in [0.5, 0.6) is 0 Å². The fourth-order valence-electron chi connectivity index (χ4n) is 3.01. The Morgan fingerprint density at radius 1 is 1.39 bits per heavy atom. The summed E-state index contributed by atoms with van der Waals surface area (Å²) in [7, 11) is 0. The number of anilines is 1. The van der Waals surface area contributed by atoms with Crippen LogP contribution < -0.4 is 5.32 Å². The lowest BCUT2D eigenvalue weighted by Crippen LogP contribution is -2.31. The summed E-state index contributed by atoms with van der Waals surface area (Å²) in [4.78, 5) is 2.66. The van der Waals surface area contributed by atoms with E-state index in [1.807, 2.05) is 12.1 Å². The van der Waals surface area contributed by atoms with Gasteiger partial charge in [-0.1, -0.05) is 12.0 Å². The average molecular weight is 240 g/mol. The van der Waals surface area contributed by atoms with E-state index in [-0.39, 0.29) is 0 Å². The van der Waals surface area contributed by atoms with Gasteiger partial charge < -0.3 is 5.32 Å². The lowest BCUT2D eigenvalue weighted by atomic mass is 10.1. The maximum Gasteiger partial charge on any atom is 0.0403 e. The lowest BCUT2D eigenvalue weighted by molar-refractivity contribution is 0.257. The van der Waals surface area contributed by atoms with Crippen LogP contribution in [0.2, 0.25) is 0 Å². The Hall–Kier alpha value is -1.46. The number of hydrogen-bond acceptors (Lipinski definition) is 2. The van der Waals surface area contributed by atoms with Gasteiger partial charge in [0.25, 0.3) is 0 Å². The molecule has 18 heavy (non-hydrogen) atoms. The maximum atomic E-state index is 5.43. The highest BCUT2D eigenvalue weighted by Gasteiger charge is 2.38. The van der Waals surface area contributed by atoms with Crippen LogP contribution in [0.25, 0.3) is 0 Å². The minimum Gasteiger partial charge on any atom is -0.381 e. The lowest BCUT2D eigenvalue weighted by Gasteiger charge is -2.20. The molecule has 1 saturated carbocycles. The fraction of sp³-hybridized carbons (Fsp3) is 0.500. The minimum absolute atomic E-state index is 0.564. The number of terminal acetylenes is 1. The highest BCUT2D eigenvalue weighted by molar-refractivity contribution is 5.50. The van der Waals surface area contributed by atoms with Gasteiger partial charge in [0, 0.05) is 35.9 Å². The summed E-state index contributed by atoms with van der Waals surface area (Å²) >= 11 is 0. The number of rotatable bonds is 3. The van der Waals surface area contributed by atoms with Crippen molar-refractivity contribution in [3.63, 3.8) is 0 Å². The van der Waals surface area contributed by atoms with Gasteiger partial charge in [0.2, 0.25) is 0 Å². The molecule has 1 aliphatic heterocycles. The van der Waals surface area contributed by atoms with E-state index < -0.39 is 0 Å². The van der Waals surface area contributed by atoms with Crippen molar-refractivity contribution in [1.29, 1.82) is 0 Å². The van der Waals surface area contributed by atoms with Gasteiger partial charge in [-0.3, -0.25) is 4.90 Å². The molecule has 3 rings (SSSR count). The standard InChI is InChI=1S/C16H20N2/c1-3-13-5-4-6-14(10-13)17-15-9-12(2)18(11-15)16-7-8-16/h1,4-6,10,12,15-17H,7-9,11H2,2H3. The van der Waals surface area contributed by atoms with Gasteiger partial charge in [-0.05, 0) is 44.4 Å². The van der Waals surface area contributed by atoms with Crippen LogP contribution in [-0.2, 0) is 0 Å². The van der Waals surface area contributed by atoms with E-state index in [9.17, 15) is 0 Å². The second-order valence-corrected chi connectivity index (χ2v) is 5.58. The van der Waals surface area contributed by atoms with E-state index >= 15 is 0 Å². The van der Waals surface area contributed by atoms with Crippen molar-refractivity contribution in [1.82, 2.24) is 4.90 Å². The zero-order chi connectivity index (χ0) is 12.5. The van der Waals surface area contributed by atoms with Crippen molar-refractivity contribution in [2.45, 2.75) is 44.3 Å². The number of benzene rings is 1. The Labute approximate surface area is 109 Å². The molecule has 1 aliphatic carbocycles. The summed E-state index contributed by atoms with van der Waals surface area (Å²) in [6.07, 6.45) is 9.45. The molecule has 2 aliphatic rings. The number of likely N-dealkylation sites (tertiary alicyclic amines) is 1. The first-order valence-corrected chi connectivity index (χ1v) is 6.85. The Kier molecular flexibility index (Phi) is 3.01. The summed E-state index contributed by atoms with van der Waals surface area (Å²) in [5.74, 6) is 2.69. The summed E-state index contributed by atoms with van der Waals surface area (Å²) in [5.41, 5.74) is 2.10. The normalized spacial score (nSPS) is 28.0. The number of hydrogen-bond donors (Lipinski definition) is 1. The van der Waals surface area contributed by atoms with Crippen molar-refractivity contribution < 1.29 is 0 Å². The molecular weight excluding hydrogens is 220 g/mol. The third-order valence-corrected chi connectivity index (χ3v) is 4.04. The Balaban J connectivity index is 1.64. The SMILES string of the molecule is C#Cc1cccc(NC2CC(C)N(C3CC3)C2)c1. The van der Waals surface area contributed by atoms with Gasteiger partial charge in [-0.15, -0.1) is 6.42 Å². The van der Waals surface area contributed by atoms with E-state index in [1.165, 1.54) is 25.8 Å². The molecule has 1 aromatic carbocycles. The van der Waals surface area contributed by atoms with Crippen LogP contribution in [0.3, 0.4) is 0 Å². The summed E-state index contributed by atoms with van der Waals surface area (Å²) in [5, 5.41) is 3.62. The van der Waals surface area contributed by atoms with Crippen LogP contribution in [-0.4, -0.2) is 29.6 Å². The van der Waals surface area contributed by atoms with Crippen molar-refractivity contribution in [3.05, 3.63) is 29.8 Å². The second kappa shape index (κ2) is 4.66. The van der Waals surface area contributed by atoms with Gasteiger partial charge >= 0.3 is 0 Å². The van der Waals surface area contributed by atoms with Crippen molar-refractivity contribution >= 4 is 5.69 Å². The van der Waals surface area contributed by atoms with Crippen LogP contribution in [0, 0.1) is 12.3 Å². The predicted octanol–water partition coefficient (Wildman–Crippen LogP) is 2.71. The number of nitrogens with one attached hydrogen (secondary N) is 1. The van der Waals surface area contributed by atoms with Crippen molar-refractivity contribution in [2.24, 2.45) is 0 Å². The van der Waals surface area contributed by atoms with Gasteiger partial charge in [-0.2, -0.15) is 0 Å². The highest BCUT2D eigenvalue weighted by Crippen LogP contribution is 2.34. The molecule has 2 nitrogen and oxygen atoms in total. The molecule has 0 radical (unpaired) electrons. The number of nitrogens with zero attached hydrogens (tertiary/aromatic N) is 1. The van der Waals surface area contributed by atoms with Crippen molar-refractivity contribution in [3.8, 4) is 12.3 Å². The molecule has 1 N–H and O–H groups in total. The van der Waals surface area contributed by atoms with Gasteiger partial charge in [0.05, 0.1) is 0 Å². The molecule has 0 bridgehead atoms. The molecule has 0 spiro atoms. The van der Waals surface area contributed by atoms with E-state index in [2.05, 4.69) is 35.2 Å². The van der Waals surface area contributed by atoms with E-state index in [0.29, 0.717) is 12.1 Å². The third-order valence-electron chi connectivity index (χ3n) is 4.04. The van der Waals surface area contributed by atoms with Crippen LogP contribution in [0.1, 0.15) is 31.7 Å². The fourth-order valence-corrected chi connectivity index (χ4v) is 3.01. The zero-order valence-corrected chi connectivity index (χ0v) is 10.9. The molecule has 0 amide bonds. The molecular formula is C16H20N2. The molecule has 2 unspecified atom stereocenters. The first-order valence-electron chi connectivity index (χ1n) is 6.85. The molecule has 0 aromatic heterocycles. The molecule has 1 saturated heterocycles. The Bertz CT molecular complexity index is 470. The van der Waals surface area contributed by atoms with Gasteiger partial charge in [0.1, 0.15) is 0 Å².